The van der Waals surface area contributed by atoms with Gasteiger partial charge in [0.1, 0.15) is 5.75 Å². The minimum atomic E-state index is -0.199. The van der Waals surface area contributed by atoms with Crippen LogP contribution in [-0.2, 0) is 10.5 Å². The third-order valence-electron chi connectivity index (χ3n) is 4.83. The Morgan fingerprint density at radius 1 is 0.935 bits per heavy atom. The molecule has 160 valence electrons. The van der Waals surface area contributed by atoms with Gasteiger partial charge in [0.2, 0.25) is 5.91 Å². The van der Waals surface area contributed by atoms with Gasteiger partial charge in [0.15, 0.2) is 5.78 Å². The standard InChI is InChI=1S/C26H27NO3S/c1-3-30-24-15-14-22(19(2)28)16-23(24)17-31-18-25(29)27-26(20-10-6-4-7-11-20)21-12-8-5-9-13-21/h4-16,26H,3,17-18H2,1-2H3,(H,27,29). The molecule has 3 aromatic rings. The fourth-order valence-electron chi connectivity index (χ4n) is 3.31. The van der Waals surface area contributed by atoms with Gasteiger partial charge in [0, 0.05) is 16.9 Å². The molecule has 0 saturated heterocycles. The number of ether oxygens (including phenoxy) is 1. The van der Waals surface area contributed by atoms with Crippen LogP contribution in [0.5, 0.6) is 5.75 Å². The van der Waals surface area contributed by atoms with Crippen LogP contribution in [0.2, 0.25) is 0 Å². The van der Waals surface area contributed by atoms with E-state index in [1.54, 1.807) is 13.0 Å². The first-order valence-electron chi connectivity index (χ1n) is 10.3. The van der Waals surface area contributed by atoms with Gasteiger partial charge in [0.05, 0.1) is 18.4 Å². The summed E-state index contributed by atoms with van der Waals surface area (Å²) >= 11 is 1.50. The van der Waals surface area contributed by atoms with Crippen molar-refractivity contribution in [2.24, 2.45) is 0 Å². The zero-order valence-electron chi connectivity index (χ0n) is 17.8. The van der Waals surface area contributed by atoms with Crippen LogP contribution in [0.15, 0.2) is 78.9 Å². The van der Waals surface area contributed by atoms with Crippen LogP contribution in [0, 0.1) is 0 Å². The number of ketones is 1. The molecule has 5 heteroatoms. The second-order valence-electron chi connectivity index (χ2n) is 7.13. The van der Waals surface area contributed by atoms with Crippen molar-refractivity contribution in [1.82, 2.24) is 5.32 Å². The largest absolute Gasteiger partial charge is 0.494 e. The topological polar surface area (TPSA) is 55.4 Å². The minimum absolute atomic E-state index is 0.0144. The number of rotatable bonds is 10. The van der Waals surface area contributed by atoms with Crippen LogP contribution in [0.3, 0.4) is 0 Å². The van der Waals surface area contributed by atoms with Gasteiger partial charge in [-0.25, -0.2) is 0 Å². The number of carbonyl (C=O) groups excluding carboxylic acids is 2. The molecule has 4 nitrogen and oxygen atoms in total. The second kappa shape index (κ2) is 11.4. The average Bonchev–Trinajstić information content (AvgIpc) is 2.79. The Balaban J connectivity index is 1.66. The summed E-state index contributed by atoms with van der Waals surface area (Å²) < 4.78 is 5.68. The Morgan fingerprint density at radius 3 is 2.10 bits per heavy atom. The van der Waals surface area contributed by atoms with Crippen LogP contribution in [-0.4, -0.2) is 24.1 Å². The number of hydrogen-bond donors (Lipinski definition) is 1. The van der Waals surface area contributed by atoms with E-state index in [1.807, 2.05) is 79.7 Å². The predicted octanol–water partition coefficient (Wildman–Crippen LogP) is 5.43. The average molecular weight is 434 g/mol. The van der Waals surface area contributed by atoms with Gasteiger partial charge >= 0.3 is 0 Å². The Hall–Kier alpha value is -3.05. The van der Waals surface area contributed by atoms with Crippen LogP contribution in [0.4, 0.5) is 0 Å². The van der Waals surface area contributed by atoms with E-state index >= 15 is 0 Å². The highest BCUT2D eigenvalue weighted by molar-refractivity contribution is 7.99. The fraction of sp³-hybridized carbons (Fsp3) is 0.231. The number of carbonyl (C=O) groups is 2. The molecule has 0 aliphatic carbocycles. The summed E-state index contributed by atoms with van der Waals surface area (Å²) in [6.07, 6.45) is 0. The molecule has 0 atom stereocenters. The molecule has 0 saturated carbocycles. The quantitative estimate of drug-likeness (QED) is 0.433. The molecule has 31 heavy (non-hydrogen) atoms. The van der Waals surface area contributed by atoms with Crippen molar-refractivity contribution < 1.29 is 14.3 Å². The summed E-state index contributed by atoms with van der Waals surface area (Å²) in [5.41, 5.74) is 3.66. The predicted molar refractivity (Wildman–Crippen MR) is 127 cm³/mol. The summed E-state index contributed by atoms with van der Waals surface area (Å²) in [6, 6.07) is 25.2. The maximum Gasteiger partial charge on any atom is 0.230 e. The third-order valence-corrected chi connectivity index (χ3v) is 5.81. The molecule has 0 bridgehead atoms. The van der Waals surface area contributed by atoms with Gasteiger partial charge in [0.25, 0.3) is 0 Å². The molecule has 0 unspecified atom stereocenters. The summed E-state index contributed by atoms with van der Waals surface area (Å²) in [6.45, 7) is 4.03. The van der Waals surface area contributed by atoms with Crippen molar-refractivity contribution in [2.75, 3.05) is 12.4 Å². The molecule has 0 heterocycles. The Kier molecular flexibility index (Phi) is 8.30. The minimum Gasteiger partial charge on any atom is -0.494 e. The van der Waals surface area contributed by atoms with Gasteiger partial charge in [-0.05, 0) is 43.2 Å². The molecule has 0 aliphatic heterocycles. The lowest BCUT2D eigenvalue weighted by atomic mass is 9.99. The van der Waals surface area contributed by atoms with E-state index in [-0.39, 0.29) is 17.7 Å². The Bertz CT molecular complexity index is 966. The number of hydrogen-bond acceptors (Lipinski definition) is 4. The van der Waals surface area contributed by atoms with Crippen LogP contribution >= 0.6 is 11.8 Å². The molecule has 0 aromatic heterocycles. The van der Waals surface area contributed by atoms with E-state index in [9.17, 15) is 9.59 Å². The lowest BCUT2D eigenvalue weighted by Gasteiger charge is -2.20. The lowest BCUT2D eigenvalue weighted by molar-refractivity contribution is -0.119. The zero-order valence-corrected chi connectivity index (χ0v) is 18.7. The lowest BCUT2D eigenvalue weighted by Crippen LogP contribution is -2.30. The third kappa shape index (κ3) is 6.46. The number of benzene rings is 3. The molecule has 0 fully saturated rings. The van der Waals surface area contributed by atoms with Crippen molar-refractivity contribution >= 4 is 23.5 Å². The summed E-state index contributed by atoms with van der Waals surface area (Å²) in [4.78, 5) is 24.5. The highest BCUT2D eigenvalue weighted by Crippen LogP contribution is 2.26. The number of Topliss-reactive ketones (excluding diaryl/α,β-unsaturated/α-hetero) is 1. The summed E-state index contributed by atoms with van der Waals surface area (Å²) in [7, 11) is 0. The fourth-order valence-corrected chi connectivity index (χ4v) is 4.13. The van der Waals surface area contributed by atoms with Crippen LogP contribution in [0.1, 0.15) is 46.9 Å². The van der Waals surface area contributed by atoms with Gasteiger partial charge in [-0.3, -0.25) is 9.59 Å². The van der Waals surface area contributed by atoms with Gasteiger partial charge in [-0.2, -0.15) is 0 Å². The smallest absolute Gasteiger partial charge is 0.230 e. The SMILES string of the molecule is CCOc1ccc(C(C)=O)cc1CSCC(=O)NC(c1ccccc1)c1ccccc1. The molecule has 0 spiro atoms. The molecule has 0 radical (unpaired) electrons. The van der Waals surface area contributed by atoms with E-state index in [0.29, 0.717) is 23.7 Å². The Labute approximate surface area is 188 Å². The van der Waals surface area contributed by atoms with Gasteiger partial charge < -0.3 is 10.1 Å². The summed E-state index contributed by atoms with van der Waals surface area (Å²) in [5.74, 6) is 1.63. The maximum atomic E-state index is 12.8. The zero-order chi connectivity index (χ0) is 22.1. The normalized spacial score (nSPS) is 10.7. The van der Waals surface area contributed by atoms with E-state index in [1.165, 1.54) is 11.8 Å². The highest BCUT2D eigenvalue weighted by atomic mass is 32.2. The number of thioether (sulfide) groups is 1. The van der Waals surface area contributed by atoms with E-state index in [2.05, 4.69) is 5.32 Å². The molecule has 1 amide bonds. The molecule has 0 aliphatic rings. The first kappa shape index (κ1) is 22.6. The van der Waals surface area contributed by atoms with E-state index in [0.717, 1.165) is 22.4 Å². The van der Waals surface area contributed by atoms with Crippen molar-refractivity contribution in [3.05, 3.63) is 101 Å². The van der Waals surface area contributed by atoms with Crippen LogP contribution in [0.25, 0.3) is 0 Å². The van der Waals surface area contributed by atoms with Gasteiger partial charge in [-0.15, -0.1) is 11.8 Å². The molecular formula is C26H27NO3S. The number of amides is 1. The monoisotopic (exact) mass is 433 g/mol. The molecule has 1 N–H and O–H groups in total. The van der Waals surface area contributed by atoms with Crippen molar-refractivity contribution in [3.8, 4) is 5.75 Å². The van der Waals surface area contributed by atoms with Crippen molar-refractivity contribution in [2.45, 2.75) is 25.6 Å². The number of nitrogens with one attached hydrogen (secondary N) is 1. The van der Waals surface area contributed by atoms with E-state index < -0.39 is 0 Å². The molecule has 3 aromatic carbocycles. The maximum absolute atomic E-state index is 12.8. The first-order chi connectivity index (χ1) is 15.1. The second-order valence-corrected chi connectivity index (χ2v) is 8.11. The van der Waals surface area contributed by atoms with Crippen LogP contribution < -0.4 is 10.1 Å². The molecular weight excluding hydrogens is 406 g/mol. The molecule has 3 rings (SSSR count). The Morgan fingerprint density at radius 2 is 1.55 bits per heavy atom. The van der Waals surface area contributed by atoms with Gasteiger partial charge in [-0.1, -0.05) is 60.7 Å². The summed E-state index contributed by atoms with van der Waals surface area (Å²) in [5, 5.41) is 3.16. The van der Waals surface area contributed by atoms with E-state index in [4.69, 9.17) is 4.74 Å². The first-order valence-corrected chi connectivity index (χ1v) is 11.5. The van der Waals surface area contributed by atoms with Crippen molar-refractivity contribution in [3.63, 3.8) is 0 Å². The highest BCUT2D eigenvalue weighted by Gasteiger charge is 2.17. The van der Waals surface area contributed by atoms with Crippen molar-refractivity contribution in [1.29, 1.82) is 0 Å².